The van der Waals surface area contributed by atoms with Gasteiger partial charge in [0.1, 0.15) is 6.61 Å². The SMILES string of the molecule is O=C(O)C1CCCC12CN(C(=O)OCC1c3ccccc3-c3ccccc31)C2. The van der Waals surface area contributed by atoms with Crippen LogP contribution < -0.4 is 0 Å². The fourth-order valence-electron chi connectivity index (χ4n) is 5.43. The second-order valence-electron chi connectivity index (χ2n) is 8.31. The summed E-state index contributed by atoms with van der Waals surface area (Å²) in [5.41, 5.74) is 4.56. The molecule has 0 bridgehead atoms. The fraction of sp³-hybridized carbons (Fsp3) is 0.391. The quantitative estimate of drug-likeness (QED) is 0.874. The number of hydrogen-bond donors (Lipinski definition) is 1. The number of ether oxygens (including phenoxy) is 1. The van der Waals surface area contributed by atoms with E-state index in [1.165, 1.54) is 22.3 Å². The van der Waals surface area contributed by atoms with Gasteiger partial charge in [-0.1, -0.05) is 55.0 Å². The lowest BCUT2D eigenvalue weighted by atomic mass is 9.71. The van der Waals surface area contributed by atoms with Gasteiger partial charge in [0.15, 0.2) is 0 Å². The first-order chi connectivity index (χ1) is 13.6. The van der Waals surface area contributed by atoms with Crippen LogP contribution in [0, 0.1) is 11.3 Å². The van der Waals surface area contributed by atoms with Crippen molar-refractivity contribution in [1.29, 1.82) is 0 Å². The topological polar surface area (TPSA) is 66.8 Å². The molecule has 5 nitrogen and oxygen atoms in total. The predicted octanol–water partition coefficient (Wildman–Crippen LogP) is 4.12. The standard InChI is InChI=1S/C23H23NO4/c25-21(26)20-10-5-11-23(20)13-24(14-23)22(27)28-12-19-17-8-3-1-6-15(17)16-7-2-4-9-18(16)19/h1-4,6-9,19-20H,5,10-14H2,(H,25,26). The molecule has 1 atom stereocenters. The van der Waals surface area contributed by atoms with Crippen molar-refractivity contribution in [2.75, 3.05) is 19.7 Å². The third-order valence-corrected chi connectivity index (χ3v) is 6.81. The van der Waals surface area contributed by atoms with Crippen molar-refractivity contribution in [2.24, 2.45) is 11.3 Å². The lowest BCUT2D eigenvalue weighted by molar-refractivity contribution is -0.150. The van der Waals surface area contributed by atoms with Gasteiger partial charge in [-0.25, -0.2) is 4.79 Å². The maximum atomic E-state index is 12.6. The molecule has 2 fully saturated rings. The molecule has 1 aliphatic heterocycles. The first kappa shape index (κ1) is 17.3. The number of carbonyl (C=O) groups is 2. The van der Waals surface area contributed by atoms with Crippen molar-refractivity contribution in [1.82, 2.24) is 4.90 Å². The summed E-state index contributed by atoms with van der Waals surface area (Å²) in [6.45, 7) is 1.31. The Bertz CT molecular complexity index is 902. The van der Waals surface area contributed by atoms with E-state index < -0.39 is 5.97 Å². The molecule has 1 spiro atoms. The Kier molecular flexibility index (Phi) is 3.93. The molecule has 5 rings (SSSR count). The van der Waals surface area contributed by atoms with Gasteiger partial charge in [-0.15, -0.1) is 0 Å². The highest BCUT2D eigenvalue weighted by molar-refractivity contribution is 5.79. The number of likely N-dealkylation sites (tertiary alicyclic amines) is 1. The van der Waals surface area contributed by atoms with E-state index in [4.69, 9.17) is 4.74 Å². The minimum atomic E-state index is -0.732. The zero-order valence-corrected chi connectivity index (χ0v) is 15.6. The first-order valence-corrected chi connectivity index (χ1v) is 9.92. The third kappa shape index (κ3) is 2.53. The van der Waals surface area contributed by atoms with Crippen molar-refractivity contribution >= 4 is 12.1 Å². The molecule has 2 aliphatic carbocycles. The molecular weight excluding hydrogens is 354 g/mol. The number of rotatable bonds is 3. The molecule has 1 heterocycles. The summed E-state index contributed by atoms with van der Waals surface area (Å²) in [5, 5.41) is 9.44. The molecule has 3 aliphatic rings. The van der Waals surface area contributed by atoms with Gasteiger partial charge in [-0.3, -0.25) is 4.79 Å². The van der Waals surface area contributed by atoms with E-state index in [1.807, 2.05) is 24.3 Å². The van der Waals surface area contributed by atoms with E-state index in [9.17, 15) is 14.7 Å². The molecule has 1 saturated carbocycles. The maximum Gasteiger partial charge on any atom is 0.409 e. The number of fused-ring (bicyclic) bond motifs is 3. The average molecular weight is 377 g/mol. The summed E-state index contributed by atoms with van der Waals surface area (Å²) in [6, 6.07) is 16.5. The number of carbonyl (C=O) groups excluding carboxylic acids is 1. The number of benzene rings is 2. The van der Waals surface area contributed by atoms with Gasteiger partial charge in [0, 0.05) is 24.4 Å². The second kappa shape index (κ2) is 6.36. The van der Waals surface area contributed by atoms with Crippen LogP contribution in [0.4, 0.5) is 4.79 Å². The van der Waals surface area contributed by atoms with Crippen molar-refractivity contribution in [2.45, 2.75) is 25.2 Å². The monoisotopic (exact) mass is 377 g/mol. The smallest absolute Gasteiger partial charge is 0.409 e. The Morgan fingerprint density at radius 2 is 1.64 bits per heavy atom. The van der Waals surface area contributed by atoms with Crippen LogP contribution in [0.25, 0.3) is 11.1 Å². The molecule has 1 saturated heterocycles. The number of hydrogen-bond acceptors (Lipinski definition) is 3. The molecule has 2 aromatic rings. The number of nitrogens with zero attached hydrogens (tertiary/aromatic N) is 1. The Hall–Kier alpha value is -2.82. The summed E-state index contributed by atoms with van der Waals surface area (Å²) in [6.07, 6.45) is 2.20. The van der Waals surface area contributed by atoms with Gasteiger partial charge < -0.3 is 14.7 Å². The van der Waals surface area contributed by atoms with Crippen LogP contribution in [-0.2, 0) is 9.53 Å². The van der Waals surface area contributed by atoms with Crippen LogP contribution in [0.15, 0.2) is 48.5 Å². The van der Waals surface area contributed by atoms with Gasteiger partial charge in [0.05, 0.1) is 5.92 Å². The molecule has 0 aromatic heterocycles. The summed E-state index contributed by atoms with van der Waals surface area (Å²) < 4.78 is 5.68. The highest BCUT2D eigenvalue weighted by Crippen LogP contribution is 2.50. The largest absolute Gasteiger partial charge is 0.481 e. The summed E-state index contributed by atoms with van der Waals surface area (Å²) in [7, 11) is 0. The Balaban J connectivity index is 1.27. The van der Waals surface area contributed by atoms with Crippen LogP contribution >= 0.6 is 0 Å². The third-order valence-electron chi connectivity index (χ3n) is 6.81. The Morgan fingerprint density at radius 1 is 1.04 bits per heavy atom. The lowest BCUT2D eigenvalue weighted by Gasteiger charge is -2.49. The zero-order chi connectivity index (χ0) is 19.3. The van der Waals surface area contributed by atoms with Gasteiger partial charge >= 0.3 is 12.1 Å². The number of carboxylic acid groups (broad SMARTS) is 1. The average Bonchev–Trinajstić information content (AvgIpc) is 3.25. The number of carboxylic acids is 1. The molecule has 144 valence electrons. The van der Waals surface area contributed by atoms with Crippen molar-refractivity contribution in [3.63, 3.8) is 0 Å². The van der Waals surface area contributed by atoms with Crippen LogP contribution in [0.3, 0.4) is 0 Å². The zero-order valence-electron chi connectivity index (χ0n) is 15.6. The van der Waals surface area contributed by atoms with Gasteiger partial charge in [-0.2, -0.15) is 0 Å². The maximum absolute atomic E-state index is 12.6. The number of amides is 1. The molecule has 1 unspecified atom stereocenters. The summed E-state index contributed by atoms with van der Waals surface area (Å²) in [4.78, 5) is 25.7. The second-order valence-corrected chi connectivity index (χ2v) is 8.31. The van der Waals surface area contributed by atoms with Gasteiger partial charge in [0.25, 0.3) is 0 Å². The molecular formula is C23H23NO4. The summed E-state index contributed by atoms with van der Waals surface area (Å²) in [5.74, 6) is -1.01. The van der Waals surface area contributed by atoms with Crippen LogP contribution in [0.5, 0.6) is 0 Å². The Morgan fingerprint density at radius 3 is 2.25 bits per heavy atom. The van der Waals surface area contributed by atoms with E-state index in [0.29, 0.717) is 26.1 Å². The minimum absolute atomic E-state index is 0.0461. The first-order valence-electron chi connectivity index (χ1n) is 9.92. The van der Waals surface area contributed by atoms with Crippen LogP contribution in [-0.4, -0.2) is 41.8 Å². The highest BCUT2D eigenvalue weighted by atomic mass is 16.6. The molecule has 1 N–H and O–H groups in total. The lowest BCUT2D eigenvalue weighted by Crippen LogP contribution is -2.61. The predicted molar refractivity (Wildman–Crippen MR) is 104 cm³/mol. The van der Waals surface area contributed by atoms with E-state index in [2.05, 4.69) is 24.3 Å². The molecule has 5 heteroatoms. The molecule has 28 heavy (non-hydrogen) atoms. The number of aliphatic carboxylic acids is 1. The van der Waals surface area contributed by atoms with Gasteiger partial charge in [-0.05, 0) is 35.1 Å². The van der Waals surface area contributed by atoms with Crippen molar-refractivity contribution < 1.29 is 19.4 Å². The summed E-state index contributed by atoms with van der Waals surface area (Å²) >= 11 is 0. The van der Waals surface area contributed by atoms with Crippen molar-refractivity contribution in [3.8, 4) is 11.1 Å². The van der Waals surface area contributed by atoms with E-state index in [0.717, 1.165) is 12.8 Å². The minimum Gasteiger partial charge on any atom is -0.481 e. The molecule has 0 radical (unpaired) electrons. The van der Waals surface area contributed by atoms with E-state index >= 15 is 0 Å². The van der Waals surface area contributed by atoms with Crippen LogP contribution in [0.2, 0.25) is 0 Å². The van der Waals surface area contributed by atoms with E-state index in [1.54, 1.807) is 4.90 Å². The highest BCUT2D eigenvalue weighted by Gasteiger charge is 2.56. The van der Waals surface area contributed by atoms with Gasteiger partial charge in [0.2, 0.25) is 0 Å². The van der Waals surface area contributed by atoms with Crippen LogP contribution in [0.1, 0.15) is 36.3 Å². The Labute approximate surface area is 163 Å². The molecule has 1 amide bonds. The van der Waals surface area contributed by atoms with Crippen molar-refractivity contribution in [3.05, 3.63) is 59.7 Å². The van der Waals surface area contributed by atoms with E-state index in [-0.39, 0.29) is 23.3 Å². The fourth-order valence-corrected chi connectivity index (χ4v) is 5.43. The molecule has 2 aromatic carbocycles. The normalized spacial score (nSPS) is 21.9.